The molecular formula is C24H22N4O8. The molecule has 3 aromatic rings. The van der Waals surface area contributed by atoms with Crippen molar-refractivity contribution >= 4 is 29.1 Å². The van der Waals surface area contributed by atoms with Crippen LogP contribution in [0, 0.1) is 10.1 Å². The number of methoxy groups -OCH3 is 3. The fourth-order valence-corrected chi connectivity index (χ4v) is 3.15. The first kappa shape index (κ1) is 25.5. The minimum atomic E-state index is -0.662. The number of hydrogen-bond acceptors (Lipinski definition) is 8. The summed E-state index contributed by atoms with van der Waals surface area (Å²) in [5.74, 6) is -0.846. The van der Waals surface area contributed by atoms with E-state index >= 15 is 0 Å². The topological polar surface area (TPSA) is 158 Å². The van der Waals surface area contributed by atoms with E-state index in [1.54, 1.807) is 12.1 Å². The predicted octanol–water partition coefficient (Wildman–Crippen LogP) is 2.95. The van der Waals surface area contributed by atoms with Crippen LogP contribution < -0.4 is 30.4 Å². The highest BCUT2D eigenvalue weighted by atomic mass is 16.6. The molecule has 0 aliphatic carbocycles. The lowest BCUT2D eigenvalue weighted by Crippen LogP contribution is -2.41. The maximum Gasteiger partial charge on any atom is 0.269 e. The molecular weight excluding hydrogens is 472 g/mol. The number of nitro groups is 1. The van der Waals surface area contributed by atoms with Crippen molar-refractivity contribution in [1.29, 1.82) is 0 Å². The highest BCUT2D eigenvalue weighted by Gasteiger charge is 2.18. The minimum Gasteiger partial charge on any atom is -0.493 e. The molecule has 0 aromatic heterocycles. The van der Waals surface area contributed by atoms with Gasteiger partial charge in [0.15, 0.2) is 11.5 Å². The Morgan fingerprint density at radius 3 is 1.83 bits per heavy atom. The molecule has 12 heteroatoms. The molecule has 3 N–H and O–H groups in total. The summed E-state index contributed by atoms with van der Waals surface area (Å²) < 4.78 is 15.8. The van der Waals surface area contributed by atoms with Gasteiger partial charge in [-0.1, -0.05) is 6.07 Å². The summed E-state index contributed by atoms with van der Waals surface area (Å²) in [4.78, 5) is 47.6. The van der Waals surface area contributed by atoms with E-state index in [4.69, 9.17) is 14.2 Å². The molecule has 0 heterocycles. The van der Waals surface area contributed by atoms with Gasteiger partial charge in [-0.3, -0.25) is 35.3 Å². The van der Waals surface area contributed by atoms with E-state index in [0.29, 0.717) is 22.9 Å². The first-order chi connectivity index (χ1) is 17.3. The molecule has 3 aromatic carbocycles. The lowest BCUT2D eigenvalue weighted by molar-refractivity contribution is -0.384. The number of nitrogens with zero attached hydrogens (tertiary/aromatic N) is 1. The Morgan fingerprint density at radius 2 is 1.31 bits per heavy atom. The van der Waals surface area contributed by atoms with Crippen molar-refractivity contribution in [2.45, 2.75) is 0 Å². The van der Waals surface area contributed by atoms with E-state index in [2.05, 4.69) is 16.2 Å². The van der Waals surface area contributed by atoms with Crippen molar-refractivity contribution in [3.05, 3.63) is 87.5 Å². The molecule has 12 nitrogen and oxygen atoms in total. The lowest BCUT2D eigenvalue weighted by atomic mass is 10.1. The van der Waals surface area contributed by atoms with E-state index in [-0.39, 0.29) is 22.4 Å². The number of anilines is 1. The van der Waals surface area contributed by atoms with Crippen molar-refractivity contribution < 1.29 is 33.5 Å². The van der Waals surface area contributed by atoms with E-state index in [9.17, 15) is 24.5 Å². The van der Waals surface area contributed by atoms with Gasteiger partial charge in [0.25, 0.3) is 23.4 Å². The molecule has 0 atom stereocenters. The number of non-ortho nitro benzene ring substituents is 1. The third-order valence-corrected chi connectivity index (χ3v) is 4.94. The van der Waals surface area contributed by atoms with Crippen LogP contribution in [-0.4, -0.2) is 44.0 Å². The molecule has 186 valence electrons. The maximum atomic E-state index is 12.8. The standard InChI is InChI=1S/C24H22N4O8/c1-34-19-12-16(13-20(35-2)21(19)36-3)22(29)25-17-6-4-5-15(11-17)24(31)27-26-23(30)14-7-9-18(10-8-14)28(32)33/h4-13H,1-3H3,(H,25,29)(H,26,30)(H,27,31). The maximum absolute atomic E-state index is 12.8. The summed E-state index contributed by atoms with van der Waals surface area (Å²) in [6.45, 7) is 0. The van der Waals surface area contributed by atoms with Gasteiger partial charge in [-0.15, -0.1) is 0 Å². The second-order valence-corrected chi connectivity index (χ2v) is 7.16. The number of benzene rings is 3. The number of rotatable bonds is 8. The summed E-state index contributed by atoms with van der Waals surface area (Å²) in [6.07, 6.45) is 0. The number of ether oxygens (including phenoxy) is 3. The van der Waals surface area contributed by atoms with Crippen LogP contribution in [0.15, 0.2) is 60.7 Å². The Balaban J connectivity index is 1.67. The van der Waals surface area contributed by atoms with Crippen molar-refractivity contribution in [2.75, 3.05) is 26.6 Å². The fourth-order valence-electron chi connectivity index (χ4n) is 3.15. The summed E-state index contributed by atoms with van der Waals surface area (Å²) in [5, 5.41) is 13.4. The van der Waals surface area contributed by atoms with Gasteiger partial charge in [0.2, 0.25) is 5.75 Å². The highest BCUT2D eigenvalue weighted by Crippen LogP contribution is 2.38. The number of nitrogens with one attached hydrogen (secondary N) is 3. The molecule has 3 rings (SSSR count). The van der Waals surface area contributed by atoms with Gasteiger partial charge in [0, 0.05) is 34.5 Å². The van der Waals surface area contributed by atoms with E-state index in [0.717, 1.165) is 0 Å². The van der Waals surface area contributed by atoms with Crippen LogP contribution >= 0.6 is 0 Å². The molecule has 0 radical (unpaired) electrons. The molecule has 36 heavy (non-hydrogen) atoms. The lowest BCUT2D eigenvalue weighted by Gasteiger charge is -2.14. The number of hydrazine groups is 1. The third-order valence-electron chi connectivity index (χ3n) is 4.94. The predicted molar refractivity (Wildman–Crippen MR) is 129 cm³/mol. The van der Waals surface area contributed by atoms with E-state index < -0.39 is 22.6 Å². The second-order valence-electron chi connectivity index (χ2n) is 7.16. The van der Waals surface area contributed by atoms with Crippen LogP contribution in [-0.2, 0) is 0 Å². The van der Waals surface area contributed by atoms with Crippen LogP contribution in [0.4, 0.5) is 11.4 Å². The van der Waals surface area contributed by atoms with Crippen LogP contribution in [0.5, 0.6) is 17.2 Å². The smallest absolute Gasteiger partial charge is 0.269 e. The van der Waals surface area contributed by atoms with Gasteiger partial charge in [-0.2, -0.15) is 0 Å². The first-order valence-corrected chi connectivity index (χ1v) is 10.3. The first-order valence-electron chi connectivity index (χ1n) is 10.3. The largest absolute Gasteiger partial charge is 0.493 e. The Kier molecular flexibility index (Phi) is 8.02. The minimum absolute atomic E-state index is 0.118. The van der Waals surface area contributed by atoms with Crippen molar-refractivity contribution in [2.24, 2.45) is 0 Å². The van der Waals surface area contributed by atoms with Gasteiger partial charge in [-0.25, -0.2) is 0 Å². The molecule has 0 bridgehead atoms. The molecule has 0 spiro atoms. The molecule has 0 fully saturated rings. The number of hydrogen-bond donors (Lipinski definition) is 3. The zero-order chi connectivity index (χ0) is 26.2. The van der Waals surface area contributed by atoms with E-state index in [1.165, 1.54) is 69.9 Å². The van der Waals surface area contributed by atoms with Gasteiger partial charge in [-0.05, 0) is 42.5 Å². The van der Waals surface area contributed by atoms with Crippen LogP contribution in [0.1, 0.15) is 31.1 Å². The molecule has 0 saturated carbocycles. The quantitative estimate of drug-likeness (QED) is 0.318. The van der Waals surface area contributed by atoms with Gasteiger partial charge >= 0.3 is 0 Å². The highest BCUT2D eigenvalue weighted by molar-refractivity contribution is 6.06. The fraction of sp³-hybridized carbons (Fsp3) is 0.125. The molecule has 0 aliphatic rings. The van der Waals surface area contributed by atoms with Gasteiger partial charge in [0.05, 0.1) is 26.3 Å². The Bertz CT molecular complexity index is 1280. The Morgan fingerprint density at radius 1 is 0.722 bits per heavy atom. The number of nitro benzene ring substituents is 1. The van der Waals surface area contributed by atoms with Gasteiger partial charge in [0.1, 0.15) is 0 Å². The van der Waals surface area contributed by atoms with Crippen LogP contribution in [0.3, 0.4) is 0 Å². The van der Waals surface area contributed by atoms with Crippen molar-refractivity contribution in [3.63, 3.8) is 0 Å². The normalized spacial score (nSPS) is 10.1. The molecule has 3 amide bonds. The van der Waals surface area contributed by atoms with Crippen molar-refractivity contribution in [3.8, 4) is 17.2 Å². The zero-order valence-electron chi connectivity index (χ0n) is 19.5. The molecule has 0 saturated heterocycles. The van der Waals surface area contributed by atoms with Crippen molar-refractivity contribution in [1.82, 2.24) is 10.9 Å². The zero-order valence-corrected chi connectivity index (χ0v) is 19.5. The monoisotopic (exact) mass is 494 g/mol. The van der Waals surface area contributed by atoms with Crippen LogP contribution in [0.2, 0.25) is 0 Å². The average molecular weight is 494 g/mol. The number of carbonyl (C=O) groups excluding carboxylic acids is 3. The second kappa shape index (κ2) is 11.3. The number of amides is 3. The molecule has 0 unspecified atom stereocenters. The Hall–Kier alpha value is -5.13. The van der Waals surface area contributed by atoms with Crippen LogP contribution in [0.25, 0.3) is 0 Å². The molecule has 0 aliphatic heterocycles. The van der Waals surface area contributed by atoms with Gasteiger partial charge < -0.3 is 19.5 Å². The SMILES string of the molecule is COc1cc(C(=O)Nc2cccc(C(=O)NNC(=O)c3ccc([N+](=O)[O-])cc3)c2)cc(OC)c1OC. The third kappa shape index (κ3) is 5.86. The average Bonchev–Trinajstić information content (AvgIpc) is 2.90. The summed E-state index contributed by atoms with van der Waals surface area (Å²) in [7, 11) is 4.31. The Labute approximate surface area is 205 Å². The number of carbonyl (C=O) groups is 3. The summed E-state index contributed by atoms with van der Waals surface area (Å²) >= 11 is 0. The summed E-state index contributed by atoms with van der Waals surface area (Å²) in [5.41, 5.74) is 5.15. The summed E-state index contributed by atoms with van der Waals surface area (Å²) in [6, 6.07) is 13.9. The van der Waals surface area contributed by atoms with E-state index in [1.807, 2.05) is 0 Å².